The van der Waals surface area contributed by atoms with Crippen LogP contribution in [0.25, 0.3) is 6.08 Å². The highest BCUT2D eigenvalue weighted by Crippen LogP contribution is 2.14. The maximum atomic E-state index is 13.3. The number of anilines is 1. The smallest absolute Gasteiger partial charge is 0.325 e. The molecular formula is C22H23FN2O2. The zero-order chi connectivity index (χ0) is 19.8. The van der Waals surface area contributed by atoms with Gasteiger partial charge in [0.25, 0.3) is 0 Å². The van der Waals surface area contributed by atoms with Gasteiger partial charge in [0.1, 0.15) is 12.4 Å². The van der Waals surface area contributed by atoms with Crippen molar-refractivity contribution in [3.8, 4) is 11.8 Å². The second kappa shape index (κ2) is 9.54. The number of esters is 1. The van der Waals surface area contributed by atoms with Gasteiger partial charge in [0, 0.05) is 24.0 Å². The number of likely N-dealkylation sites (N-methyl/N-ethyl adjacent to an activating group) is 1. The van der Waals surface area contributed by atoms with Crippen LogP contribution < -0.4 is 4.90 Å². The highest BCUT2D eigenvalue weighted by atomic mass is 19.1. The lowest BCUT2D eigenvalue weighted by molar-refractivity contribution is -0.141. The van der Waals surface area contributed by atoms with Crippen LogP contribution in [0.1, 0.15) is 30.7 Å². The summed E-state index contributed by atoms with van der Waals surface area (Å²) >= 11 is 0. The number of carbonyl (C=O) groups is 1. The monoisotopic (exact) mass is 366 g/mol. The molecule has 0 amide bonds. The Hall–Kier alpha value is -3.13. The van der Waals surface area contributed by atoms with E-state index >= 15 is 0 Å². The average Bonchev–Trinajstić information content (AvgIpc) is 2.63. The summed E-state index contributed by atoms with van der Waals surface area (Å²) in [6.45, 7) is 6.06. The molecule has 0 radical (unpaired) electrons. The Bertz CT molecular complexity index is 893. The molecule has 140 valence electrons. The third-order valence-corrected chi connectivity index (χ3v) is 3.85. The second-order valence-corrected chi connectivity index (χ2v) is 6.11. The molecule has 0 N–H and O–H groups in total. The fourth-order valence-electron chi connectivity index (χ4n) is 2.40. The molecule has 1 aromatic heterocycles. The predicted molar refractivity (Wildman–Crippen MR) is 106 cm³/mol. The third-order valence-electron chi connectivity index (χ3n) is 3.85. The summed E-state index contributed by atoms with van der Waals surface area (Å²) in [7, 11) is 1.83. The van der Waals surface area contributed by atoms with Gasteiger partial charge in [-0.3, -0.25) is 9.78 Å². The molecule has 1 heterocycles. The fraction of sp³-hybridized carbons (Fsp3) is 0.273. The number of aromatic nitrogens is 1. The molecule has 0 saturated carbocycles. The van der Waals surface area contributed by atoms with Gasteiger partial charge in [0.15, 0.2) is 0 Å². The van der Waals surface area contributed by atoms with Crippen LogP contribution in [-0.2, 0) is 9.53 Å². The molecule has 0 aliphatic carbocycles. The number of halogens is 1. The first-order chi connectivity index (χ1) is 12.9. The summed E-state index contributed by atoms with van der Waals surface area (Å²) < 4.78 is 18.3. The third kappa shape index (κ3) is 6.27. The lowest BCUT2D eigenvalue weighted by atomic mass is 10.1. The number of hydrogen-bond acceptors (Lipinski definition) is 4. The molecule has 1 aromatic carbocycles. The Morgan fingerprint density at radius 1 is 1.33 bits per heavy atom. The van der Waals surface area contributed by atoms with Crippen LogP contribution in [0.15, 0.2) is 42.1 Å². The van der Waals surface area contributed by atoms with E-state index in [4.69, 9.17) is 4.74 Å². The van der Waals surface area contributed by atoms with E-state index in [-0.39, 0.29) is 18.3 Å². The van der Waals surface area contributed by atoms with Crippen LogP contribution in [0.2, 0.25) is 0 Å². The van der Waals surface area contributed by atoms with Crippen molar-refractivity contribution in [3.05, 3.63) is 64.7 Å². The first-order valence-corrected chi connectivity index (χ1v) is 8.68. The number of allylic oxidation sites excluding steroid dienone is 1. The minimum atomic E-state index is -0.366. The molecule has 0 bridgehead atoms. The van der Waals surface area contributed by atoms with Crippen molar-refractivity contribution in [2.45, 2.75) is 20.8 Å². The summed E-state index contributed by atoms with van der Waals surface area (Å²) in [4.78, 5) is 17.4. The van der Waals surface area contributed by atoms with Gasteiger partial charge in [-0.1, -0.05) is 11.8 Å². The zero-order valence-corrected chi connectivity index (χ0v) is 16.0. The first kappa shape index (κ1) is 20.2. The summed E-state index contributed by atoms with van der Waals surface area (Å²) in [6, 6.07) is 9.05. The quantitative estimate of drug-likeness (QED) is 0.593. The van der Waals surface area contributed by atoms with Crippen molar-refractivity contribution in [2.24, 2.45) is 0 Å². The molecule has 0 spiro atoms. The molecular weight excluding hydrogens is 343 g/mol. The summed E-state index contributed by atoms with van der Waals surface area (Å²) in [5, 5.41) is 0. The molecule has 2 rings (SSSR count). The molecule has 0 aliphatic rings. The van der Waals surface area contributed by atoms with Gasteiger partial charge in [-0.2, -0.15) is 0 Å². The van der Waals surface area contributed by atoms with E-state index in [9.17, 15) is 9.18 Å². The van der Waals surface area contributed by atoms with E-state index in [1.54, 1.807) is 6.92 Å². The van der Waals surface area contributed by atoms with Gasteiger partial charge in [0.2, 0.25) is 0 Å². The molecule has 27 heavy (non-hydrogen) atoms. The fourth-order valence-corrected chi connectivity index (χ4v) is 2.40. The lowest BCUT2D eigenvalue weighted by Gasteiger charge is -2.17. The summed E-state index contributed by atoms with van der Waals surface area (Å²) in [5.41, 5.74) is 4.05. The van der Waals surface area contributed by atoms with Gasteiger partial charge in [-0.25, -0.2) is 4.39 Å². The minimum absolute atomic E-state index is 0.196. The van der Waals surface area contributed by atoms with E-state index in [1.807, 2.05) is 56.1 Å². The number of hydrogen-bond donors (Lipinski definition) is 0. The number of ether oxygens (including phenoxy) is 1. The highest BCUT2D eigenvalue weighted by molar-refractivity contribution is 5.75. The van der Waals surface area contributed by atoms with Crippen LogP contribution in [0, 0.1) is 24.6 Å². The largest absolute Gasteiger partial charge is 0.465 e. The van der Waals surface area contributed by atoms with E-state index in [0.717, 1.165) is 28.1 Å². The standard InChI is InChI=1S/C22H23FN2O2/c1-5-27-22(26)15-25(4)21-10-8-18(9-11-21)7-6-16(2)12-19-13-20(23)14-24-17(19)3/h8-14H,5,15H2,1-4H3/b16-12+. The van der Waals surface area contributed by atoms with Gasteiger partial charge in [0.05, 0.1) is 12.8 Å². The number of carbonyl (C=O) groups excluding carboxylic acids is 1. The number of benzene rings is 1. The van der Waals surface area contributed by atoms with Crippen LogP contribution in [0.3, 0.4) is 0 Å². The van der Waals surface area contributed by atoms with E-state index in [1.165, 1.54) is 12.3 Å². The normalized spacial score (nSPS) is 10.8. The Balaban J connectivity index is 2.07. The minimum Gasteiger partial charge on any atom is -0.465 e. The average molecular weight is 366 g/mol. The van der Waals surface area contributed by atoms with E-state index in [2.05, 4.69) is 16.8 Å². The summed E-state index contributed by atoms with van der Waals surface area (Å²) in [6.07, 6.45) is 3.02. The Labute approximate surface area is 159 Å². The number of pyridine rings is 1. The zero-order valence-electron chi connectivity index (χ0n) is 16.0. The van der Waals surface area contributed by atoms with E-state index < -0.39 is 0 Å². The van der Waals surface area contributed by atoms with Crippen LogP contribution in [0.4, 0.5) is 10.1 Å². The van der Waals surface area contributed by atoms with Gasteiger partial charge in [-0.15, -0.1) is 0 Å². The maximum absolute atomic E-state index is 13.3. The number of nitrogens with zero attached hydrogens (tertiary/aromatic N) is 2. The van der Waals surface area contributed by atoms with Gasteiger partial charge < -0.3 is 9.64 Å². The maximum Gasteiger partial charge on any atom is 0.325 e. The van der Waals surface area contributed by atoms with Crippen LogP contribution in [0.5, 0.6) is 0 Å². The predicted octanol–water partition coefficient (Wildman–Crippen LogP) is 3.98. The second-order valence-electron chi connectivity index (χ2n) is 6.11. The molecule has 0 aliphatic heterocycles. The van der Waals surface area contributed by atoms with Crippen molar-refractivity contribution in [3.63, 3.8) is 0 Å². The van der Waals surface area contributed by atoms with Crippen molar-refractivity contribution >= 4 is 17.7 Å². The molecule has 4 nitrogen and oxygen atoms in total. The Morgan fingerprint density at radius 2 is 2.04 bits per heavy atom. The SMILES string of the molecule is CCOC(=O)CN(C)c1ccc(C#C/C(C)=C/c2cc(F)cnc2C)cc1. The summed E-state index contributed by atoms with van der Waals surface area (Å²) in [5.74, 6) is 5.53. The van der Waals surface area contributed by atoms with E-state index in [0.29, 0.717) is 6.61 Å². The van der Waals surface area contributed by atoms with Crippen molar-refractivity contribution in [1.29, 1.82) is 0 Å². The van der Waals surface area contributed by atoms with Crippen molar-refractivity contribution in [1.82, 2.24) is 4.98 Å². The van der Waals surface area contributed by atoms with Crippen LogP contribution >= 0.6 is 0 Å². The topological polar surface area (TPSA) is 42.4 Å². The molecule has 0 unspecified atom stereocenters. The molecule has 5 heteroatoms. The molecule has 2 aromatic rings. The first-order valence-electron chi connectivity index (χ1n) is 8.68. The van der Waals surface area contributed by atoms with Crippen molar-refractivity contribution in [2.75, 3.05) is 25.1 Å². The van der Waals surface area contributed by atoms with Crippen molar-refractivity contribution < 1.29 is 13.9 Å². The lowest BCUT2D eigenvalue weighted by Crippen LogP contribution is -2.26. The Kier molecular flexibility index (Phi) is 7.13. The molecule has 0 fully saturated rings. The highest BCUT2D eigenvalue weighted by Gasteiger charge is 2.07. The van der Waals surface area contributed by atoms with Gasteiger partial charge in [-0.05, 0) is 68.3 Å². The number of rotatable bonds is 5. The van der Waals surface area contributed by atoms with Crippen LogP contribution in [-0.4, -0.2) is 31.2 Å². The number of aryl methyl sites for hydroxylation is 1. The molecule has 0 atom stereocenters. The molecule has 0 saturated heterocycles. The Morgan fingerprint density at radius 3 is 2.70 bits per heavy atom. The van der Waals surface area contributed by atoms with Gasteiger partial charge >= 0.3 is 5.97 Å².